The molecule has 0 saturated carbocycles. The molecule has 1 aliphatic heterocycles. The molecule has 1 aliphatic rings. The first-order valence-electron chi connectivity index (χ1n) is 11.4. The molecule has 0 bridgehead atoms. The average molecular weight is 453 g/mol. The summed E-state index contributed by atoms with van der Waals surface area (Å²) in [6.45, 7) is 4.65. The summed E-state index contributed by atoms with van der Waals surface area (Å²) in [7, 11) is 2.16. The van der Waals surface area contributed by atoms with E-state index in [1.807, 2.05) is 43.5 Å². The minimum Gasteiger partial charge on any atom is -0.378 e. The maximum absolute atomic E-state index is 7.16. The second-order valence-electron chi connectivity index (χ2n) is 8.62. The van der Waals surface area contributed by atoms with E-state index in [9.17, 15) is 0 Å². The number of likely N-dealkylation sites (N-methyl/N-ethyl adjacent to an activating group) is 1. The lowest BCUT2D eigenvalue weighted by molar-refractivity contribution is 0.313. The summed E-state index contributed by atoms with van der Waals surface area (Å²) in [5.41, 5.74) is 8.94. The van der Waals surface area contributed by atoms with E-state index in [-0.39, 0.29) is 0 Å². The van der Waals surface area contributed by atoms with Gasteiger partial charge >= 0.3 is 0 Å². The van der Waals surface area contributed by atoms with E-state index in [1.54, 1.807) is 0 Å². The first-order chi connectivity index (χ1) is 16.6. The van der Waals surface area contributed by atoms with Crippen LogP contribution in [0.4, 0.5) is 5.69 Å². The van der Waals surface area contributed by atoms with Gasteiger partial charge in [0.25, 0.3) is 0 Å². The lowest BCUT2D eigenvalue weighted by atomic mass is 9.99. The highest BCUT2D eigenvalue weighted by molar-refractivity contribution is 5.76. The number of pyridine rings is 2. The molecular weight excluding hydrogens is 424 g/mol. The van der Waals surface area contributed by atoms with Crippen LogP contribution in [0.15, 0.2) is 59.7 Å². The summed E-state index contributed by atoms with van der Waals surface area (Å²) in [6.07, 6.45) is 3.96. The number of hydrogen-bond donors (Lipinski definition) is 4. The molecule has 0 atom stereocenters. The molecule has 0 amide bonds. The van der Waals surface area contributed by atoms with Gasteiger partial charge in [0.15, 0.2) is 0 Å². The Balaban J connectivity index is 1.44. The minimum atomic E-state index is 0.572. The Kier molecular flexibility index (Phi) is 6.05. The standard InChI is InChI=1S/C26H28N8/c1-17-4-3-5-22(31-17)26-25(19-7-9-23(29-13-19)30-16-27)32-24(33-26)14-28-21-8-6-20-15-34(2)11-10-18(20)12-21/h3-9,12-13,16,28H,10-11,14-15H2,1-2H3,(H,32,33)(H2,27,29,30). The second-order valence-corrected chi connectivity index (χ2v) is 8.62. The van der Waals surface area contributed by atoms with Crippen LogP contribution in [0, 0.1) is 12.3 Å². The van der Waals surface area contributed by atoms with Crippen molar-refractivity contribution in [1.82, 2.24) is 24.8 Å². The van der Waals surface area contributed by atoms with Crippen LogP contribution in [-0.4, -0.2) is 44.8 Å². The number of benzene rings is 1. The van der Waals surface area contributed by atoms with Crippen LogP contribution in [0.25, 0.3) is 22.6 Å². The van der Waals surface area contributed by atoms with Gasteiger partial charge in [0.2, 0.25) is 0 Å². The van der Waals surface area contributed by atoms with Gasteiger partial charge in [0.05, 0.1) is 17.9 Å². The summed E-state index contributed by atoms with van der Waals surface area (Å²) in [6, 6.07) is 16.4. The lowest BCUT2D eigenvalue weighted by Gasteiger charge is -2.25. The van der Waals surface area contributed by atoms with Gasteiger partial charge in [-0.15, -0.1) is 0 Å². The van der Waals surface area contributed by atoms with Gasteiger partial charge in [0, 0.05) is 36.2 Å². The lowest BCUT2D eigenvalue weighted by Crippen LogP contribution is -2.26. The highest BCUT2D eigenvalue weighted by Gasteiger charge is 2.16. The van der Waals surface area contributed by atoms with Crippen LogP contribution >= 0.6 is 0 Å². The first kappa shape index (κ1) is 21.8. The maximum Gasteiger partial charge on any atom is 0.131 e. The van der Waals surface area contributed by atoms with Crippen molar-refractivity contribution in [2.75, 3.05) is 18.9 Å². The molecule has 8 heteroatoms. The number of H-pyrrole nitrogens is 2. The Morgan fingerprint density at radius 1 is 1.15 bits per heavy atom. The Morgan fingerprint density at radius 3 is 2.85 bits per heavy atom. The minimum absolute atomic E-state index is 0.572. The van der Waals surface area contributed by atoms with Gasteiger partial charge in [0.1, 0.15) is 23.3 Å². The molecule has 0 aliphatic carbocycles. The van der Waals surface area contributed by atoms with Gasteiger partial charge in [-0.3, -0.25) is 10.4 Å². The molecule has 1 aromatic carbocycles. The fourth-order valence-corrected chi connectivity index (χ4v) is 4.29. The van der Waals surface area contributed by atoms with Crippen molar-refractivity contribution in [2.24, 2.45) is 4.99 Å². The summed E-state index contributed by atoms with van der Waals surface area (Å²) in [4.78, 5) is 22.5. The monoisotopic (exact) mass is 452 g/mol. The van der Waals surface area contributed by atoms with Crippen LogP contribution in [0.2, 0.25) is 0 Å². The topological polar surface area (TPSA) is 109 Å². The number of aromatic amines is 2. The third kappa shape index (κ3) is 4.67. The highest BCUT2D eigenvalue weighted by atomic mass is 15.1. The molecule has 0 saturated heterocycles. The van der Waals surface area contributed by atoms with Crippen LogP contribution in [0.3, 0.4) is 0 Å². The summed E-state index contributed by atoms with van der Waals surface area (Å²) < 4.78 is 0. The van der Waals surface area contributed by atoms with Crippen molar-refractivity contribution in [1.29, 1.82) is 5.41 Å². The second kappa shape index (κ2) is 9.44. The fraction of sp³-hybridized carbons (Fsp3) is 0.231. The molecule has 172 valence electrons. The number of aromatic nitrogens is 4. The van der Waals surface area contributed by atoms with Gasteiger partial charge < -0.3 is 20.2 Å². The van der Waals surface area contributed by atoms with Crippen LogP contribution in [0.1, 0.15) is 22.6 Å². The number of aryl methyl sites for hydroxylation is 1. The van der Waals surface area contributed by atoms with Crippen LogP contribution < -0.4 is 10.8 Å². The number of fused-ring (bicyclic) bond motifs is 1. The van der Waals surface area contributed by atoms with Crippen molar-refractivity contribution in [3.05, 3.63) is 82.9 Å². The van der Waals surface area contributed by atoms with Gasteiger partial charge in [-0.2, -0.15) is 0 Å². The number of nitrogens with zero attached hydrogens (tertiary/aromatic N) is 4. The van der Waals surface area contributed by atoms with E-state index in [0.29, 0.717) is 12.0 Å². The van der Waals surface area contributed by atoms with Gasteiger partial charge in [-0.1, -0.05) is 12.1 Å². The van der Waals surface area contributed by atoms with E-state index >= 15 is 0 Å². The molecular formula is C26H28N8. The molecule has 4 heterocycles. The average Bonchev–Trinajstić information content (AvgIpc) is 3.28. The molecule has 4 aromatic rings. The van der Waals surface area contributed by atoms with E-state index in [0.717, 1.165) is 65.7 Å². The Hall–Kier alpha value is -4.04. The molecule has 0 unspecified atom stereocenters. The van der Waals surface area contributed by atoms with Crippen molar-refractivity contribution in [2.45, 2.75) is 26.4 Å². The fourth-order valence-electron chi connectivity index (χ4n) is 4.29. The molecule has 4 N–H and O–H groups in total. The van der Waals surface area contributed by atoms with Crippen molar-refractivity contribution < 1.29 is 0 Å². The maximum atomic E-state index is 7.16. The van der Waals surface area contributed by atoms with Crippen LogP contribution in [0.5, 0.6) is 0 Å². The summed E-state index contributed by atoms with van der Waals surface area (Å²) in [5.74, 6) is 0.832. The number of hydrogen-bond acceptors (Lipinski definition) is 5. The molecule has 8 nitrogen and oxygen atoms in total. The van der Waals surface area contributed by atoms with E-state index in [2.05, 4.69) is 50.4 Å². The van der Waals surface area contributed by atoms with Gasteiger partial charge in [-0.05, 0) is 67.9 Å². The SMILES string of the molecule is Cc1cccc(-c2nc(CNc3ccc4c(c3)CCN(C)C4)[nH]c2-c2cc/c(=N/C=N)[nH]c2)n1. The zero-order valence-electron chi connectivity index (χ0n) is 19.4. The normalized spacial score (nSPS) is 14.1. The van der Waals surface area contributed by atoms with E-state index < -0.39 is 0 Å². The Morgan fingerprint density at radius 2 is 2.06 bits per heavy atom. The largest absolute Gasteiger partial charge is 0.378 e. The number of nitrogens with one attached hydrogen (secondary N) is 4. The van der Waals surface area contributed by atoms with Crippen molar-refractivity contribution >= 4 is 12.0 Å². The predicted molar refractivity (Wildman–Crippen MR) is 134 cm³/mol. The first-order valence-corrected chi connectivity index (χ1v) is 11.4. The van der Waals surface area contributed by atoms with E-state index in [4.69, 9.17) is 15.4 Å². The Bertz CT molecular complexity index is 1380. The summed E-state index contributed by atoms with van der Waals surface area (Å²) in [5, 5.41) is 10.7. The van der Waals surface area contributed by atoms with E-state index in [1.165, 1.54) is 11.1 Å². The molecule has 5 rings (SSSR count). The van der Waals surface area contributed by atoms with Crippen LogP contribution in [-0.2, 0) is 19.5 Å². The predicted octanol–water partition coefficient (Wildman–Crippen LogP) is 3.88. The van der Waals surface area contributed by atoms with Gasteiger partial charge in [-0.25, -0.2) is 9.98 Å². The van der Waals surface area contributed by atoms with Crippen molar-refractivity contribution in [3.8, 4) is 22.6 Å². The molecule has 0 fully saturated rings. The highest BCUT2D eigenvalue weighted by Crippen LogP contribution is 2.29. The number of rotatable bonds is 6. The third-order valence-electron chi connectivity index (χ3n) is 6.04. The number of imidazole rings is 1. The molecule has 0 radical (unpaired) electrons. The zero-order chi connectivity index (χ0) is 23.5. The quantitative estimate of drug-likeness (QED) is 0.263. The Labute approximate surface area is 198 Å². The smallest absolute Gasteiger partial charge is 0.131 e. The molecule has 0 spiro atoms. The summed E-state index contributed by atoms with van der Waals surface area (Å²) >= 11 is 0. The third-order valence-corrected chi connectivity index (χ3v) is 6.04. The van der Waals surface area contributed by atoms with Crippen molar-refractivity contribution in [3.63, 3.8) is 0 Å². The number of anilines is 1. The zero-order valence-corrected chi connectivity index (χ0v) is 19.4. The molecule has 34 heavy (non-hydrogen) atoms. The molecule has 3 aromatic heterocycles.